The van der Waals surface area contributed by atoms with Gasteiger partial charge in [-0.3, -0.25) is 24.3 Å². The van der Waals surface area contributed by atoms with Crippen LogP contribution in [0.15, 0.2) is 0 Å². The Morgan fingerprint density at radius 3 is 1.68 bits per heavy atom. The average Bonchev–Trinajstić information content (AvgIpc) is 2.89. The molecule has 3 aliphatic rings. The molecule has 0 aromatic rings. The van der Waals surface area contributed by atoms with Crippen molar-refractivity contribution in [3.8, 4) is 0 Å². The van der Waals surface area contributed by atoms with E-state index in [4.69, 9.17) is 14.5 Å². The average molecular weight is 669 g/mol. The van der Waals surface area contributed by atoms with Crippen molar-refractivity contribution in [1.29, 1.82) is 0 Å². The quantitative estimate of drug-likeness (QED) is 0.159. The van der Waals surface area contributed by atoms with Crippen molar-refractivity contribution in [2.45, 2.75) is 181 Å². The van der Waals surface area contributed by atoms with Gasteiger partial charge in [-0.1, -0.05) is 6.92 Å². The lowest BCUT2D eigenvalue weighted by Gasteiger charge is -2.55. The van der Waals surface area contributed by atoms with Crippen molar-refractivity contribution in [2.24, 2.45) is 5.92 Å². The van der Waals surface area contributed by atoms with Crippen LogP contribution < -0.4 is 0 Å². The number of ketones is 1. The Kier molecular flexibility index (Phi) is 15.2. The third kappa shape index (κ3) is 12.0. The van der Waals surface area contributed by atoms with Crippen LogP contribution in [-0.4, -0.2) is 125 Å². The summed E-state index contributed by atoms with van der Waals surface area (Å²) in [6, 6.07) is 0. The predicted molar refractivity (Wildman–Crippen MR) is 195 cm³/mol. The number of carbonyl (C=O) groups excluding carboxylic acids is 2. The van der Waals surface area contributed by atoms with Gasteiger partial charge in [-0.05, 0) is 143 Å². The molecule has 47 heavy (non-hydrogen) atoms. The van der Waals surface area contributed by atoms with E-state index in [0.717, 1.165) is 31.8 Å². The summed E-state index contributed by atoms with van der Waals surface area (Å²) in [5.74, 6) is 1.18. The first-order chi connectivity index (χ1) is 21.0. The van der Waals surface area contributed by atoms with Gasteiger partial charge in [0, 0.05) is 61.4 Å². The summed E-state index contributed by atoms with van der Waals surface area (Å²) in [7, 11) is 7.94. The van der Waals surface area contributed by atoms with Gasteiger partial charge in [0.25, 0.3) is 0 Å². The van der Waals surface area contributed by atoms with Crippen LogP contribution in [0.3, 0.4) is 0 Å². The van der Waals surface area contributed by atoms with Gasteiger partial charge in [0.1, 0.15) is 11.9 Å². The van der Waals surface area contributed by atoms with Crippen molar-refractivity contribution in [3.63, 3.8) is 0 Å². The van der Waals surface area contributed by atoms with Gasteiger partial charge in [0.05, 0.1) is 18.2 Å². The third-order valence-electron chi connectivity index (χ3n) is 11.2. The second-order valence-corrected chi connectivity index (χ2v) is 18.5. The molecule has 0 saturated carbocycles. The van der Waals surface area contributed by atoms with Gasteiger partial charge in [0.2, 0.25) is 5.91 Å². The van der Waals surface area contributed by atoms with Crippen molar-refractivity contribution >= 4 is 11.7 Å². The summed E-state index contributed by atoms with van der Waals surface area (Å²) in [5.41, 5.74) is 0.518. The number of methoxy groups -OCH3 is 1. The largest absolute Gasteiger partial charge is 0.381 e. The summed E-state index contributed by atoms with van der Waals surface area (Å²) in [4.78, 5) is 42.3. The lowest BCUT2D eigenvalue weighted by molar-refractivity contribution is -0.325. The van der Waals surface area contributed by atoms with E-state index in [1.165, 1.54) is 12.8 Å². The predicted octanol–water partition coefficient (Wildman–Crippen LogP) is 6.82. The highest BCUT2D eigenvalue weighted by Gasteiger charge is 2.48. The summed E-state index contributed by atoms with van der Waals surface area (Å²) >= 11 is 0. The lowest BCUT2D eigenvalue weighted by Crippen LogP contribution is -2.69. The number of ether oxygens (including phenoxy) is 1. The number of nitrogens with zero attached hydrogens (tertiary/aromatic N) is 4. The summed E-state index contributed by atoms with van der Waals surface area (Å²) in [5, 5.41) is 0. The monoisotopic (exact) mass is 669 g/mol. The van der Waals surface area contributed by atoms with Gasteiger partial charge in [-0.15, -0.1) is 0 Å². The first kappa shape index (κ1) is 43.9. The minimum Gasteiger partial charge on any atom is -0.381 e. The Bertz CT molecular complexity index is 986. The third-order valence-corrected chi connectivity index (χ3v) is 11.2. The zero-order valence-corrected chi connectivity index (χ0v) is 34.2. The highest BCUT2D eigenvalue weighted by molar-refractivity contribution is 5.86. The molecule has 0 radical (unpaired) electrons. The molecule has 0 bridgehead atoms. The number of Topliss-reactive ketones (excluding diaryl/α,β-unsaturated/α-hetero) is 1. The van der Waals surface area contributed by atoms with E-state index in [-0.39, 0.29) is 40.0 Å². The zero-order valence-electron chi connectivity index (χ0n) is 34.2. The minimum atomic E-state index is -0.378. The number of piperidine rings is 2. The molecular weight excluding hydrogens is 592 g/mol. The molecular formula is C38H76N4O5. The second kappa shape index (κ2) is 16.3. The molecule has 1 amide bonds. The van der Waals surface area contributed by atoms with Crippen LogP contribution >= 0.6 is 0 Å². The Balaban J connectivity index is 0.000000377. The van der Waals surface area contributed by atoms with Crippen LogP contribution in [0.4, 0.5) is 0 Å². The van der Waals surface area contributed by atoms with Crippen molar-refractivity contribution in [1.82, 2.24) is 19.6 Å². The number of amides is 1. The first-order valence-electron chi connectivity index (χ1n) is 17.8. The number of hydrogen-bond acceptors (Lipinski definition) is 8. The van der Waals surface area contributed by atoms with Crippen molar-refractivity contribution in [3.05, 3.63) is 0 Å². The van der Waals surface area contributed by atoms with E-state index in [1.54, 1.807) is 14.0 Å². The van der Waals surface area contributed by atoms with Crippen molar-refractivity contribution in [2.75, 3.05) is 47.9 Å². The maximum atomic E-state index is 11.8. The van der Waals surface area contributed by atoms with Gasteiger partial charge >= 0.3 is 0 Å². The maximum Gasteiger partial charge on any atom is 0.242 e. The fourth-order valence-corrected chi connectivity index (χ4v) is 8.52. The number of piperazine rings is 1. The summed E-state index contributed by atoms with van der Waals surface area (Å²) < 4.78 is 5.60. The molecule has 0 aromatic heterocycles. The van der Waals surface area contributed by atoms with E-state index in [2.05, 4.69) is 97.9 Å². The van der Waals surface area contributed by atoms with Crippen LogP contribution in [0, 0.1) is 5.92 Å². The molecule has 3 aliphatic heterocycles. The molecule has 3 saturated heterocycles. The molecule has 278 valence electrons. The number of rotatable bonds is 8. The van der Waals surface area contributed by atoms with Gasteiger partial charge in [0.15, 0.2) is 0 Å². The standard InChI is InChI=1S/C17H33NO4.C11H23N.C10H20N2O/c1-13(19)8-9-21-22-14(2)12-18-16(3,4)10-15(20-7)11-17(18,5)6;1-9-7-10(2,3)12(6)11(4,5)8-9;1-9(2)7-11(5)8(13)10(3,4)12(9)6/h14-15H,8-12H2,1-7H3;9H,7-8H2,1-6H3;7H2,1-6H3. The highest BCUT2D eigenvalue weighted by atomic mass is 17.2. The molecule has 1 unspecified atom stereocenters. The Labute approximate surface area is 290 Å². The Morgan fingerprint density at radius 1 is 0.787 bits per heavy atom. The first-order valence-corrected chi connectivity index (χ1v) is 17.8. The van der Waals surface area contributed by atoms with Crippen LogP contribution in [0.1, 0.15) is 136 Å². The smallest absolute Gasteiger partial charge is 0.242 e. The SMILES string of the molecule is CC1CC(C)(C)N(C)C(C)(C)C1.CN1CC(C)(C)N(C)C(C)(C)C1=O.COC1CC(C)(C)N(CC(C)OOCCC(C)=O)C(C)(C)C1. The van der Waals surface area contributed by atoms with Gasteiger partial charge < -0.3 is 9.64 Å². The van der Waals surface area contributed by atoms with E-state index in [0.29, 0.717) is 30.2 Å². The molecule has 0 spiro atoms. The Hall–Kier alpha value is -1.10. The van der Waals surface area contributed by atoms with Gasteiger partial charge in [-0.2, -0.15) is 0 Å². The van der Waals surface area contributed by atoms with Crippen LogP contribution in [0.2, 0.25) is 0 Å². The number of likely N-dealkylation sites (tertiary alicyclic amines) is 2. The molecule has 3 rings (SSSR count). The Morgan fingerprint density at radius 2 is 1.26 bits per heavy atom. The van der Waals surface area contributed by atoms with E-state index >= 15 is 0 Å². The maximum absolute atomic E-state index is 11.8. The number of carbonyl (C=O) groups is 2. The van der Waals surface area contributed by atoms with E-state index < -0.39 is 0 Å². The second-order valence-electron chi connectivity index (χ2n) is 18.5. The van der Waals surface area contributed by atoms with Gasteiger partial charge in [-0.25, -0.2) is 9.78 Å². The molecule has 9 heteroatoms. The molecule has 1 atom stereocenters. The van der Waals surface area contributed by atoms with Crippen LogP contribution in [-0.2, 0) is 24.1 Å². The fraction of sp³-hybridized carbons (Fsp3) is 0.947. The number of likely N-dealkylation sites (N-methyl/N-ethyl adjacent to an activating group) is 2. The highest BCUT2D eigenvalue weighted by Crippen LogP contribution is 2.40. The molecule has 0 aromatic carbocycles. The van der Waals surface area contributed by atoms with Crippen LogP contribution in [0.5, 0.6) is 0 Å². The lowest BCUT2D eigenvalue weighted by atomic mass is 9.75. The van der Waals surface area contributed by atoms with E-state index in [9.17, 15) is 9.59 Å². The van der Waals surface area contributed by atoms with Crippen molar-refractivity contribution < 1.29 is 24.1 Å². The molecule has 9 nitrogen and oxygen atoms in total. The minimum absolute atomic E-state index is 0.0411. The number of hydrogen-bond donors (Lipinski definition) is 0. The van der Waals surface area contributed by atoms with E-state index in [1.807, 2.05) is 39.8 Å². The molecule has 3 heterocycles. The summed E-state index contributed by atoms with van der Waals surface area (Å²) in [6.45, 7) is 34.5. The normalized spacial score (nSPS) is 26.4. The summed E-state index contributed by atoms with van der Waals surface area (Å²) in [6.07, 6.45) is 5.30. The molecule has 3 fully saturated rings. The topological polar surface area (TPSA) is 74.8 Å². The van der Waals surface area contributed by atoms with Crippen LogP contribution in [0.25, 0.3) is 0 Å². The zero-order chi connectivity index (χ0) is 37.0. The fourth-order valence-electron chi connectivity index (χ4n) is 8.52. The molecule has 0 N–H and O–H groups in total. The molecule has 0 aliphatic carbocycles.